The lowest BCUT2D eigenvalue weighted by Crippen LogP contribution is -2.39. The van der Waals surface area contributed by atoms with Crippen LogP contribution < -0.4 is 10.6 Å². The van der Waals surface area contributed by atoms with Crippen LogP contribution in [0.3, 0.4) is 0 Å². The zero-order valence-corrected chi connectivity index (χ0v) is 20.0. The number of carbonyl (C=O) groups is 2. The van der Waals surface area contributed by atoms with Gasteiger partial charge in [-0.15, -0.1) is 24.0 Å². The number of benzene rings is 2. The van der Waals surface area contributed by atoms with Gasteiger partial charge in [-0.2, -0.15) is 0 Å². The van der Waals surface area contributed by atoms with E-state index in [1.54, 1.807) is 31.3 Å². The molecule has 1 heterocycles. The average Bonchev–Trinajstić information content (AvgIpc) is 3.03. The number of rotatable bonds is 10. The molecule has 3 rings (SSSR count). The van der Waals surface area contributed by atoms with E-state index in [4.69, 9.17) is 4.74 Å². The summed E-state index contributed by atoms with van der Waals surface area (Å²) in [5, 5.41) is 6.45. The third-order valence-corrected chi connectivity index (χ3v) is 4.85. The van der Waals surface area contributed by atoms with Gasteiger partial charge in [-0.3, -0.25) is 19.5 Å². The largest absolute Gasteiger partial charge is 0.375 e. The highest BCUT2D eigenvalue weighted by Gasteiger charge is 2.34. The normalized spacial score (nSPS) is 13.1. The first-order chi connectivity index (χ1) is 14.7. The summed E-state index contributed by atoms with van der Waals surface area (Å²) >= 11 is 0. The number of halogens is 1. The second-order valence-corrected chi connectivity index (χ2v) is 6.98. The molecular formula is C23H29IN4O3. The van der Waals surface area contributed by atoms with Gasteiger partial charge in [0.1, 0.15) is 0 Å². The maximum atomic E-state index is 12.3. The SMILES string of the molecule is CN=C(NCCCCN1C(=O)c2ccccc2C1=O)NCCOCc1ccccc1.I. The quantitative estimate of drug-likeness (QED) is 0.160. The Balaban J connectivity index is 0.00000341. The van der Waals surface area contributed by atoms with E-state index in [0.29, 0.717) is 49.9 Å². The number of hydrogen-bond acceptors (Lipinski definition) is 4. The summed E-state index contributed by atoms with van der Waals surface area (Å²) in [6, 6.07) is 17.0. The number of hydrogen-bond donors (Lipinski definition) is 2. The average molecular weight is 536 g/mol. The number of nitrogens with zero attached hydrogens (tertiary/aromatic N) is 2. The molecule has 0 atom stereocenters. The molecule has 8 heteroatoms. The molecule has 0 spiro atoms. The highest BCUT2D eigenvalue weighted by molar-refractivity contribution is 14.0. The lowest BCUT2D eigenvalue weighted by atomic mass is 10.1. The molecular weight excluding hydrogens is 507 g/mol. The van der Waals surface area contributed by atoms with Gasteiger partial charge in [0.25, 0.3) is 11.8 Å². The van der Waals surface area contributed by atoms with Crippen LogP contribution in [0.15, 0.2) is 59.6 Å². The van der Waals surface area contributed by atoms with Gasteiger partial charge in [-0.05, 0) is 30.5 Å². The Hall–Kier alpha value is -2.46. The summed E-state index contributed by atoms with van der Waals surface area (Å²) in [5.74, 6) is 0.312. The second-order valence-electron chi connectivity index (χ2n) is 6.98. The number of fused-ring (bicyclic) bond motifs is 1. The van der Waals surface area contributed by atoms with Crippen molar-refractivity contribution in [3.8, 4) is 0 Å². The molecule has 7 nitrogen and oxygen atoms in total. The Morgan fingerprint density at radius 1 is 0.903 bits per heavy atom. The number of ether oxygens (including phenoxy) is 1. The standard InChI is InChI=1S/C23H28N4O3.HI/c1-24-23(26-14-16-30-17-18-9-3-2-4-10-18)25-13-7-8-15-27-21(28)19-11-5-6-12-20(19)22(27)29;/h2-6,9-12H,7-8,13-17H2,1H3,(H2,24,25,26);1H. The number of amides is 2. The first-order valence-electron chi connectivity index (χ1n) is 10.2. The van der Waals surface area contributed by atoms with E-state index in [1.807, 2.05) is 30.3 Å². The van der Waals surface area contributed by atoms with Gasteiger partial charge in [0.15, 0.2) is 5.96 Å². The fraction of sp³-hybridized carbons (Fsp3) is 0.348. The van der Waals surface area contributed by atoms with Crippen LogP contribution in [-0.2, 0) is 11.3 Å². The van der Waals surface area contributed by atoms with E-state index in [0.717, 1.165) is 18.4 Å². The number of aliphatic imine (C=N–C) groups is 1. The summed E-state index contributed by atoms with van der Waals surface area (Å²) in [7, 11) is 1.72. The molecule has 0 bridgehead atoms. The maximum Gasteiger partial charge on any atom is 0.261 e. The van der Waals surface area contributed by atoms with Crippen LogP contribution in [0.2, 0.25) is 0 Å². The van der Waals surface area contributed by atoms with Crippen molar-refractivity contribution in [3.05, 3.63) is 71.3 Å². The molecule has 0 radical (unpaired) electrons. The lowest BCUT2D eigenvalue weighted by Gasteiger charge is -2.15. The van der Waals surface area contributed by atoms with Crippen LogP contribution in [0.5, 0.6) is 0 Å². The smallest absolute Gasteiger partial charge is 0.261 e. The molecule has 0 fully saturated rings. The van der Waals surface area contributed by atoms with Gasteiger partial charge in [0.05, 0.1) is 24.3 Å². The Labute approximate surface area is 200 Å². The van der Waals surface area contributed by atoms with E-state index in [-0.39, 0.29) is 35.8 Å². The Morgan fingerprint density at radius 2 is 1.52 bits per heavy atom. The van der Waals surface area contributed by atoms with Crippen molar-refractivity contribution in [2.45, 2.75) is 19.4 Å². The lowest BCUT2D eigenvalue weighted by molar-refractivity contribution is 0.0652. The van der Waals surface area contributed by atoms with Crippen molar-refractivity contribution >= 4 is 41.8 Å². The molecule has 0 unspecified atom stereocenters. The molecule has 1 aliphatic heterocycles. The minimum Gasteiger partial charge on any atom is -0.375 e. The molecule has 0 aliphatic carbocycles. The van der Waals surface area contributed by atoms with Gasteiger partial charge in [-0.25, -0.2) is 0 Å². The summed E-state index contributed by atoms with van der Waals surface area (Å²) in [6.07, 6.45) is 1.55. The molecule has 2 aromatic rings. The van der Waals surface area contributed by atoms with Crippen molar-refractivity contribution in [2.75, 3.05) is 33.3 Å². The molecule has 2 amide bonds. The Bertz CT molecular complexity index is 854. The predicted octanol–water partition coefficient (Wildman–Crippen LogP) is 3.06. The van der Waals surface area contributed by atoms with Gasteiger partial charge >= 0.3 is 0 Å². The van der Waals surface area contributed by atoms with Crippen molar-refractivity contribution < 1.29 is 14.3 Å². The summed E-state index contributed by atoms with van der Waals surface area (Å²) in [4.78, 5) is 30.2. The van der Waals surface area contributed by atoms with E-state index in [2.05, 4.69) is 15.6 Å². The minimum atomic E-state index is -0.198. The third-order valence-electron chi connectivity index (χ3n) is 4.85. The van der Waals surface area contributed by atoms with E-state index in [9.17, 15) is 9.59 Å². The van der Waals surface area contributed by atoms with Gasteiger partial charge in [0, 0.05) is 26.7 Å². The monoisotopic (exact) mass is 536 g/mol. The zero-order valence-electron chi connectivity index (χ0n) is 17.7. The number of imide groups is 1. The van der Waals surface area contributed by atoms with E-state index >= 15 is 0 Å². The third kappa shape index (κ3) is 7.03. The molecule has 0 aromatic heterocycles. The Morgan fingerprint density at radius 3 is 2.16 bits per heavy atom. The number of nitrogens with one attached hydrogen (secondary N) is 2. The molecule has 2 N–H and O–H groups in total. The van der Waals surface area contributed by atoms with Crippen molar-refractivity contribution in [2.24, 2.45) is 4.99 Å². The first-order valence-corrected chi connectivity index (χ1v) is 10.2. The van der Waals surface area contributed by atoms with Gasteiger partial charge < -0.3 is 15.4 Å². The van der Waals surface area contributed by atoms with Crippen molar-refractivity contribution in [1.82, 2.24) is 15.5 Å². The first kappa shape index (κ1) is 24.8. The maximum absolute atomic E-state index is 12.3. The number of unbranched alkanes of at least 4 members (excludes halogenated alkanes) is 1. The molecule has 1 aliphatic rings. The molecule has 166 valence electrons. The second kappa shape index (κ2) is 13.1. The Kier molecular flexibility index (Phi) is 10.5. The van der Waals surface area contributed by atoms with Crippen molar-refractivity contribution in [1.29, 1.82) is 0 Å². The zero-order chi connectivity index (χ0) is 21.2. The summed E-state index contributed by atoms with van der Waals surface area (Å²) < 4.78 is 5.65. The number of guanidine groups is 1. The molecule has 2 aromatic carbocycles. The van der Waals surface area contributed by atoms with E-state index < -0.39 is 0 Å². The molecule has 0 saturated carbocycles. The molecule has 0 saturated heterocycles. The number of carbonyl (C=O) groups excluding carboxylic acids is 2. The van der Waals surface area contributed by atoms with Crippen LogP contribution in [0.1, 0.15) is 39.1 Å². The topological polar surface area (TPSA) is 83.0 Å². The van der Waals surface area contributed by atoms with Crippen LogP contribution >= 0.6 is 24.0 Å². The summed E-state index contributed by atoms with van der Waals surface area (Å²) in [5.41, 5.74) is 2.15. The summed E-state index contributed by atoms with van der Waals surface area (Å²) in [6.45, 7) is 2.95. The highest BCUT2D eigenvalue weighted by atomic mass is 127. The van der Waals surface area contributed by atoms with Crippen LogP contribution in [0.4, 0.5) is 0 Å². The minimum absolute atomic E-state index is 0. The molecule has 31 heavy (non-hydrogen) atoms. The van der Waals surface area contributed by atoms with Crippen LogP contribution in [0, 0.1) is 0 Å². The van der Waals surface area contributed by atoms with Crippen LogP contribution in [0.25, 0.3) is 0 Å². The van der Waals surface area contributed by atoms with E-state index in [1.165, 1.54) is 4.90 Å². The fourth-order valence-corrected chi connectivity index (χ4v) is 3.27. The fourth-order valence-electron chi connectivity index (χ4n) is 3.27. The predicted molar refractivity (Wildman–Crippen MR) is 132 cm³/mol. The van der Waals surface area contributed by atoms with Crippen LogP contribution in [-0.4, -0.2) is 56.0 Å². The highest BCUT2D eigenvalue weighted by Crippen LogP contribution is 2.22. The van der Waals surface area contributed by atoms with Gasteiger partial charge in [0.2, 0.25) is 0 Å². The van der Waals surface area contributed by atoms with Gasteiger partial charge in [-0.1, -0.05) is 42.5 Å². The van der Waals surface area contributed by atoms with Crippen molar-refractivity contribution in [3.63, 3.8) is 0 Å².